The molecule has 3 aromatic rings. The van der Waals surface area contributed by atoms with E-state index in [1.807, 2.05) is 36.1 Å². The van der Waals surface area contributed by atoms with Gasteiger partial charge in [0.15, 0.2) is 11.5 Å². The van der Waals surface area contributed by atoms with Crippen molar-refractivity contribution in [3.8, 4) is 5.82 Å². The minimum Gasteiger partial charge on any atom is -0.372 e. The van der Waals surface area contributed by atoms with Gasteiger partial charge in [-0.3, -0.25) is 0 Å². The maximum atomic E-state index is 4.56. The van der Waals surface area contributed by atoms with E-state index in [0.29, 0.717) is 5.92 Å². The maximum Gasteiger partial charge on any atom is 0.199 e. The molecular formula is C13H16N6. The number of imidazole rings is 1. The Bertz CT molecular complexity index is 709. The number of hydrogen-bond acceptors (Lipinski definition) is 4. The summed E-state index contributed by atoms with van der Waals surface area (Å²) in [6.07, 6.45) is 7.48. The van der Waals surface area contributed by atoms with Gasteiger partial charge >= 0.3 is 0 Å². The highest BCUT2D eigenvalue weighted by Crippen LogP contribution is 2.17. The Morgan fingerprint density at radius 3 is 2.79 bits per heavy atom. The van der Waals surface area contributed by atoms with Crippen LogP contribution in [0, 0.1) is 0 Å². The predicted octanol–water partition coefficient (Wildman–Crippen LogP) is 2.08. The summed E-state index contributed by atoms with van der Waals surface area (Å²) in [5.74, 6) is 1.90. The molecule has 0 spiro atoms. The van der Waals surface area contributed by atoms with E-state index in [0.717, 1.165) is 23.0 Å². The molecule has 0 bridgehead atoms. The van der Waals surface area contributed by atoms with Crippen molar-refractivity contribution < 1.29 is 0 Å². The average Bonchev–Trinajstić information content (AvgIpc) is 3.06. The summed E-state index contributed by atoms with van der Waals surface area (Å²) in [5, 5.41) is 7.61. The van der Waals surface area contributed by atoms with E-state index < -0.39 is 0 Å². The van der Waals surface area contributed by atoms with E-state index in [2.05, 4.69) is 34.2 Å². The van der Waals surface area contributed by atoms with Gasteiger partial charge in [0.05, 0.1) is 11.9 Å². The lowest BCUT2D eigenvalue weighted by Crippen LogP contribution is -2.06. The standard InChI is InChI=1S/C13H16N6/c1-9(2)10-4-6-19(17-10)13-12-15-5-7-18(12)8-11(14-3)16-13/h4-9,14H,1-3H3. The second-order valence-corrected chi connectivity index (χ2v) is 4.70. The summed E-state index contributed by atoms with van der Waals surface area (Å²) in [5.41, 5.74) is 1.83. The number of nitrogens with one attached hydrogen (secondary N) is 1. The molecule has 3 rings (SSSR count). The van der Waals surface area contributed by atoms with Crippen molar-refractivity contribution in [3.05, 3.63) is 36.5 Å². The molecule has 3 aromatic heterocycles. The van der Waals surface area contributed by atoms with Crippen LogP contribution in [0.4, 0.5) is 5.82 Å². The molecule has 0 aliphatic heterocycles. The Labute approximate surface area is 111 Å². The third-order valence-electron chi connectivity index (χ3n) is 3.03. The van der Waals surface area contributed by atoms with E-state index in [1.54, 1.807) is 10.9 Å². The fourth-order valence-corrected chi connectivity index (χ4v) is 1.95. The number of hydrogen-bond donors (Lipinski definition) is 1. The summed E-state index contributed by atoms with van der Waals surface area (Å²) in [7, 11) is 1.84. The molecule has 1 N–H and O–H groups in total. The van der Waals surface area contributed by atoms with Crippen molar-refractivity contribution in [1.29, 1.82) is 0 Å². The van der Waals surface area contributed by atoms with Crippen molar-refractivity contribution in [2.75, 3.05) is 12.4 Å². The zero-order valence-corrected chi connectivity index (χ0v) is 11.2. The van der Waals surface area contributed by atoms with Crippen molar-refractivity contribution in [1.82, 2.24) is 24.1 Å². The Hall–Kier alpha value is -2.37. The molecule has 0 aromatic carbocycles. The van der Waals surface area contributed by atoms with Crippen LogP contribution in [0.3, 0.4) is 0 Å². The Morgan fingerprint density at radius 1 is 1.26 bits per heavy atom. The predicted molar refractivity (Wildman–Crippen MR) is 73.7 cm³/mol. The first kappa shape index (κ1) is 11.7. The van der Waals surface area contributed by atoms with Crippen LogP contribution < -0.4 is 5.32 Å². The van der Waals surface area contributed by atoms with Crippen LogP contribution in [-0.2, 0) is 0 Å². The van der Waals surface area contributed by atoms with Gasteiger partial charge in [0, 0.05) is 25.6 Å². The molecule has 98 valence electrons. The molecule has 0 amide bonds. The van der Waals surface area contributed by atoms with Gasteiger partial charge in [0.25, 0.3) is 0 Å². The third kappa shape index (κ3) is 1.95. The normalized spacial score (nSPS) is 11.4. The molecule has 0 saturated heterocycles. The highest BCUT2D eigenvalue weighted by atomic mass is 15.3. The van der Waals surface area contributed by atoms with Crippen molar-refractivity contribution in [2.24, 2.45) is 0 Å². The van der Waals surface area contributed by atoms with Gasteiger partial charge in [-0.15, -0.1) is 0 Å². The fourth-order valence-electron chi connectivity index (χ4n) is 1.95. The lowest BCUT2D eigenvalue weighted by atomic mass is 10.1. The molecule has 0 unspecified atom stereocenters. The van der Waals surface area contributed by atoms with Gasteiger partial charge < -0.3 is 9.72 Å². The fraction of sp³-hybridized carbons (Fsp3) is 0.308. The SMILES string of the molecule is CNc1cn2ccnc2c(-n2ccc(C(C)C)n2)n1. The molecule has 0 fully saturated rings. The van der Waals surface area contributed by atoms with Crippen LogP contribution in [0.5, 0.6) is 0 Å². The zero-order valence-electron chi connectivity index (χ0n) is 11.2. The van der Waals surface area contributed by atoms with Crippen LogP contribution in [0.25, 0.3) is 11.5 Å². The topological polar surface area (TPSA) is 60.0 Å². The lowest BCUT2D eigenvalue weighted by Gasteiger charge is -2.07. The van der Waals surface area contributed by atoms with E-state index in [1.165, 1.54) is 0 Å². The second-order valence-electron chi connectivity index (χ2n) is 4.70. The van der Waals surface area contributed by atoms with Gasteiger partial charge in [0.2, 0.25) is 0 Å². The first-order valence-corrected chi connectivity index (χ1v) is 6.26. The first-order chi connectivity index (χ1) is 9.19. The smallest absolute Gasteiger partial charge is 0.199 e. The number of anilines is 1. The number of fused-ring (bicyclic) bond motifs is 1. The monoisotopic (exact) mass is 256 g/mol. The van der Waals surface area contributed by atoms with Gasteiger partial charge in [-0.25, -0.2) is 14.6 Å². The summed E-state index contributed by atoms with van der Waals surface area (Å²) < 4.78 is 3.71. The van der Waals surface area contributed by atoms with Crippen LogP contribution in [0.15, 0.2) is 30.9 Å². The van der Waals surface area contributed by atoms with Gasteiger partial charge in [-0.05, 0) is 12.0 Å². The maximum absolute atomic E-state index is 4.56. The Morgan fingerprint density at radius 2 is 2.11 bits per heavy atom. The van der Waals surface area contributed by atoms with Crippen molar-refractivity contribution in [3.63, 3.8) is 0 Å². The number of rotatable bonds is 3. The van der Waals surface area contributed by atoms with Crippen molar-refractivity contribution in [2.45, 2.75) is 19.8 Å². The molecule has 0 aliphatic carbocycles. The number of nitrogens with zero attached hydrogens (tertiary/aromatic N) is 5. The van der Waals surface area contributed by atoms with Gasteiger partial charge in [-0.1, -0.05) is 13.8 Å². The van der Waals surface area contributed by atoms with Gasteiger partial charge in [-0.2, -0.15) is 5.10 Å². The van der Waals surface area contributed by atoms with E-state index >= 15 is 0 Å². The molecular weight excluding hydrogens is 240 g/mol. The Balaban J connectivity index is 2.19. The minimum atomic E-state index is 0.393. The highest BCUT2D eigenvalue weighted by Gasteiger charge is 2.11. The summed E-state index contributed by atoms with van der Waals surface area (Å²) in [6.45, 7) is 4.24. The van der Waals surface area contributed by atoms with Crippen LogP contribution >= 0.6 is 0 Å². The first-order valence-electron chi connectivity index (χ1n) is 6.26. The highest BCUT2D eigenvalue weighted by molar-refractivity contribution is 5.57. The largest absolute Gasteiger partial charge is 0.372 e. The van der Waals surface area contributed by atoms with Crippen LogP contribution in [0.2, 0.25) is 0 Å². The quantitative estimate of drug-likeness (QED) is 0.779. The van der Waals surface area contributed by atoms with Crippen molar-refractivity contribution >= 4 is 11.5 Å². The summed E-state index contributed by atoms with van der Waals surface area (Å²) in [4.78, 5) is 8.88. The molecule has 0 saturated carbocycles. The molecule has 6 heteroatoms. The molecule has 3 heterocycles. The molecule has 19 heavy (non-hydrogen) atoms. The third-order valence-corrected chi connectivity index (χ3v) is 3.03. The molecule has 0 atom stereocenters. The molecule has 0 aliphatic rings. The van der Waals surface area contributed by atoms with E-state index in [4.69, 9.17) is 0 Å². The van der Waals surface area contributed by atoms with Crippen LogP contribution in [-0.4, -0.2) is 31.2 Å². The Kier molecular flexibility index (Phi) is 2.70. The van der Waals surface area contributed by atoms with E-state index in [-0.39, 0.29) is 0 Å². The van der Waals surface area contributed by atoms with Gasteiger partial charge in [0.1, 0.15) is 5.82 Å². The molecule has 6 nitrogen and oxygen atoms in total. The molecule has 0 radical (unpaired) electrons. The minimum absolute atomic E-state index is 0.393. The number of aromatic nitrogens is 5. The van der Waals surface area contributed by atoms with E-state index in [9.17, 15) is 0 Å². The second kappa shape index (κ2) is 4.38. The average molecular weight is 256 g/mol. The lowest BCUT2D eigenvalue weighted by molar-refractivity contribution is 0.757. The summed E-state index contributed by atoms with van der Waals surface area (Å²) in [6, 6.07) is 2.01. The zero-order chi connectivity index (χ0) is 13.4. The van der Waals surface area contributed by atoms with Crippen LogP contribution in [0.1, 0.15) is 25.5 Å². The summed E-state index contributed by atoms with van der Waals surface area (Å²) >= 11 is 0.